The van der Waals surface area contributed by atoms with Crippen LogP contribution in [0.3, 0.4) is 0 Å². The Bertz CT molecular complexity index is 348. The van der Waals surface area contributed by atoms with E-state index in [-0.39, 0.29) is 29.4 Å². The molecule has 2 rings (SSSR count). The van der Waals surface area contributed by atoms with Crippen LogP contribution in [0.2, 0.25) is 5.82 Å². The first-order valence-corrected chi connectivity index (χ1v) is 7.02. The van der Waals surface area contributed by atoms with Crippen LogP contribution >= 0.6 is 0 Å². The summed E-state index contributed by atoms with van der Waals surface area (Å²) >= 11 is 0. The van der Waals surface area contributed by atoms with Gasteiger partial charge in [-0.3, -0.25) is 15.0 Å². The van der Waals surface area contributed by atoms with Crippen LogP contribution in [0.5, 0.6) is 0 Å². The lowest BCUT2D eigenvalue weighted by molar-refractivity contribution is -0.133. The highest BCUT2D eigenvalue weighted by Crippen LogP contribution is 2.41. The van der Waals surface area contributed by atoms with Gasteiger partial charge in [-0.05, 0) is 39.7 Å². The highest BCUT2D eigenvalue weighted by atomic mass is 16.1. The molecule has 1 aliphatic carbocycles. The van der Waals surface area contributed by atoms with E-state index in [9.17, 15) is 9.59 Å². The summed E-state index contributed by atoms with van der Waals surface area (Å²) < 4.78 is 0. The number of ketones is 2. The van der Waals surface area contributed by atoms with Gasteiger partial charge in [-0.2, -0.15) is 0 Å². The molecular formula is C13H23BN2O2. The van der Waals surface area contributed by atoms with E-state index < -0.39 is 0 Å². The van der Waals surface area contributed by atoms with Crippen LogP contribution in [0.25, 0.3) is 0 Å². The molecule has 1 saturated carbocycles. The summed E-state index contributed by atoms with van der Waals surface area (Å²) in [7, 11) is 4.01. The molecular weight excluding hydrogens is 227 g/mol. The van der Waals surface area contributed by atoms with Crippen molar-refractivity contribution in [1.82, 2.24) is 10.4 Å². The number of carbonyl (C=O) groups is 2. The quantitative estimate of drug-likeness (QED) is 0.724. The number of nitrogens with zero attached hydrogens (tertiary/aromatic N) is 1. The predicted molar refractivity (Wildman–Crippen MR) is 73.0 cm³/mol. The second-order valence-corrected chi connectivity index (χ2v) is 5.88. The first-order valence-electron chi connectivity index (χ1n) is 7.02. The van der Waals surface area contributed by atoms with Gasteiger partial charge in [-0.1, -0.05) is 5.82 Å². The second kappa shape index (κ2) is 5.53. The first kappa shape index (κ1) is 13.7. The van der Waals surface area contributed by atoms with Crippen molar-refractivity contribution in [3.05, 3.63) is 0 Å². The molecule has 0 aromatic heterocycles. The van der Waals surface area contributed by atoms with Crippen LogP contribution in [-0.2, 0) is 9.59 Å². The highest BCUT2D eigenvalue weighted by Gasteiger charge is 2.43. The third-order valence-corrected chi connectivity index (χ3v) is 4.55. The van der Waals surface area contributed by atoms with Crippen molar-refractivity contribution in [3.63, 3.8) is 0 Å². The van der Waals surface area contributed by atoms with Crippen LogP contribution in [0, 0.1) is 11.8 Å². The van der Waals surface area contributed by atoms with Gasteiger partial charge in [0.05, 0.1) is 6.04 Å². The van der Waals surface area contributed by atoms with Gasteiger partial charge in [0.25, 0.3) is 0 Å². The van der Waals surface area contributed by atoms with Gasteiger partial charge in [-0.15, -0.1) is 0 Å². The average Bonchev–Trinajstić information content (AvgIpc) is 2.93. The highest BCUT2D eigenvalue weighted by molar-refractivity contribution is 6.12. The molecule has 4 atom stereocenters. The molecule has 1 aliphatic heterocycles. The molecule has 5 heteroatoms. The molecule has 0 aromatic rings. The minimum absolute atomic E-state index is 0.0212. The zero-order chi connectivity index (χ0) is 13.3. The largest absolute Gasteiger partial charge is 0.300 e. The van der Waals surface area contributed by atoms with Crippen molar-refractivity contribution in [2.75, 3.05) is 13.6 Å². The average molecular weight is 250 g/mol. The third kappa shape index (κ3) is 2.52. The number of Topliss-reactive ketones (excluding diaryl/α,β-unsaturated/α-hetero) is 2. The summed E-state index contributed by atoms with van der Waals surface area (Å²) in [5, 5.41) is 2.03. The second-order valence-electron chi connectivity index (χ2n) is 5.88. The smallest absolute Gasteiger partial charge is 0.155 e. The van der Waals surface area contributed by atoms with Gasteiger partial charge in [0.2, 0.25) is 0 Å². The van der Waals surface area contributed by atoms with Gasteiger partial charge >= 0.3 is 0 Å². The van der Waals surface area contributed by atoms with E-state index in [2.05, 4.69) is 13.3 Å². The number of carbonyl (C=O) groups excluding carboxylic acids is 2. The Hall–Kier alpha value is -0.675. The van der Waals surface area contributed by atoms with Crippen molar-refractivity contribution in [1.29, 1.82) is 0 Å². The predicted octanol–water partition coefficient (Wildman–Crippen LogP) is 0.191. The SMILES string of the molecule is B[C@@H]1CC(C(C)=O)C(C(=O)[C@H]2CCCN2NC)C1. The lowest BCUT2D eigenvalue weighted by Gasteiger charge is -2.26. The molecule has 4 nitrogen and oxygen atoms in total. The fraction of sp³-hybridized carbons (Fsp3) is 0.846. The number of hydrogen-bond acceptors (Lipinski definition) is 4. The number of hydrogen-bond donors (Lipinski definition) is 1. The zero-order valence-electron chi connectivity index (χ0n) is 11.6. The van der Waals surface area contributed by atoms with E-state index >= 15 is 0 Å². The van der Waals surface area contributed by atoms with E-state index in [1.165, 1.54) is 0 Å². The molecule has 100 valence electrons. The maximum absolute atomic E-state index is 12.6. The molecule has 0 radical (unpaired) electrons. The molecule has 2 fully saturated rings. The van der Waals surface area contributed by atoms with Gasteiger partial charge in [0, 0.05) is 18.4 Å². The van der Waals surface area contributed by atoms with Crippen molar-refractivity contribution in [2.45, 2.75) is 44.5 Å². The number of hydrazine groups is 1. The Morgan fingerprint density at radius 1 is 1.28 bits per heavy atom. The Morgan fingerprint density at radius 2 is 1.94 bits per heavy atom. The van der Waals surface area contributed by atoms with E-state index in [0.717, 1.165) is 32.2 Å². The van der Waals surface area contributed by atoms with Crippen molar-refractivity contribution >= 4 is 19.4 Å². The van der Waals surface area contributed by atoms with Gasteiger partial charge in [0.15, 0.2) is 5.78 Å². The fourth-order valence-corrected chi connectivity index (χ4v) is 3.63. The molecule has 1 heterocycles. The molecule has 1 saturated heterocycles. The Labute approximate surface area is 110 Å². The van der Waals surface area contributed by atoms with E-state index in [1.54, 1.807) is 6.92 Å². The van der Waals surface area contributed by atoms with Crippen LogP contribution < -0.4 is 5.43 Å². The summed E-state index contributed by atoms with van der Waals surface area (Å²) in [5.74, 6) is 0.888. The van der Waals surface area contributed by atoms with Crippen LogP contribution in [0.1, 0.15) is 32.6 Å². The zero-order valence-corrected chi connectivity index (χ0v) is 11.6. The summed E-state index contributed by atoms with van der Waals surface area (Å²) in [6.07, 6.45) is 3.76. The molecule has 0 aromatic carbocycles. The monoisotopic (exact) mass is 250 g/mol. The molecule has 0 bridgehead atoms. The van der Waals surface area contributed by atoms with Crippen molar-refractivity contribution < 1.29 is 9.59 Å². The van der Waals surface area contributed by atoms with Crippen molar-refractivity contribution in [2.24, 2.45) is 11.8 Å². The molecule has 18 heavy (non-hydrogen) atoms. The van der Waals surface area contributed by atoms with E-state index in [1.807, 2.05) is 12.1 Å². The molecule has 2 aliphatic rings. The van der Waals surface area contributed by atoms with Crippen LogP contribution in [0.15, 0.2) is 0 Å². The maximum atomic E-state index is 12.6. The third-order valence-electron chi connectivity index (χ3n) is 4.55. The molecule has 2 unspecified atom stereocenters. The molecule has 1 N–H and O–H groups in total. The molecule has 0 amide bonds. The van der Waals surface area contributed by atoms with Crippen LogP contribution in [0.4, 0.5) is 0 Å². The minimum Gasteiger partial charge on any atom is -0.300 e. The number of rotatable bonds is 4. The normalized spacial score (nSPS) is 37.0. The lowest BCUT2D eigenvalue weighted by atomic mass is 9.84. The first-order chi connectivity index (χ1) is 8.54. The van der Waals surface area contributed by atoms with E-state index in [0.29, 0.717) is 5.82 Å². The van der Waals surface area contributed by atoms with Gasteiger partial charge in [-0.25, -0.2) is 5.01 Å². The maximum Gasteiger partial charge on any atom is 0.155 e. The number of nitrogens with one attached hydrogen (secondary N) is 1. The Balaban J connectivity index is 2.10. The standard InChI is InChI=1S/C13H23BN2O2/c1-8(17)10-6-9(14)7-11(10)13(18)12-4-3-5-16(12)15-2/h9-12,15H,3-7,14H2,1-2H3/t9-,10?,11?,12-/m1/s1. The summed E-state index contributed by atoms with van der Waals surface area (Å²) in [5.41, 5.74) is 3.10. The summed E-state index contributed by atoms with van der Waals surface area (Å²) in [4.78, 5) is 24.3. The summed E-state index contributed by atoms with van der Waals surface area (Å²) in [6.45, 7) is 2.56. The summed E-state index contributed by atoms with van der Waals surface area (Å²) in [6, 6.07) is -0.0212. The van der Waals surface area contributed by atoms with Crippen molar-refractivity contribution in [3.8, 4) is 0 Å². The molecule has 0 spiro atoms. The topological polar surface area (TPSA) is 49.4 Å². The van der Waals surface area contributed by atoms with E-state index in [4.69, 9.17) is 0 Å². The minimum atomic E-state index is -0.0450. The van der Waals surface area contributed by atoms with Gasteiger partial charge < -0.3 is 0 Å². The Morgan fingerprint density at radius 3 is 2.56 bits per heavy atom. The lowest BCUT2D eigenvalue weighted by Crippen LogP contribution is -2.46. The Kier molecular flexibility index (Phi) is 4.23. The van der Waals surface area contributed by atoms with Gasteiger partial charge in [0.1, 0.15) is 13.6 Å². The van der Waals surface area contributed by atoms with Crippen LogP contribution in [-0.4, -0.2) is 44.1 Å². The fourth-order valence-electron chi connectivity index (χ4n) is 3.63.